The van der Waals surface area contributed by atoms with Gasteiger partial charge in [0.25, 0.3) is 0 Å². The first-order valence-corrected chi connectivity index (χ1v) is 10.8. The van der Waals surface area contributed by atoms with Crippen LogP contribution < -0.4 is 4.90 Å². The predicted octanol–water partition coefficient (Wildman–Crippen LogP) is 4.95. The molecule has 0 aliphatic heterocycles. The van der Waals surface area contributed by atoms with E-state index in [1.165, 1.54) is 11.3 Å². The second kappa shape index (κ2) is 9.06. The van der Waals surface area contributed by atoms with Crippen LogP contribution in [0.2, 0.25) is 5.02 Å². The third-order valence-corrected chi connectivity index (χ3v) is 6.63. The van der Waals surface area contributed by atoms with Crippen LogP contribution in [0.1, 0.15) is 5.56 Å². The molecule has 1 aromatic heterocycles. The number of aromatic nitrogens is 1. The molecule has 0 bridgehead atoms. The molecule has 27 heavy (non-hydrogen) atoms. The number of amides is 1. The van der Waals surface area contributed by atoms with E-state index >= 15 is 0 Å². The summed E-state index contributed by atoms with van der Waals surface area (Å²) in [5.74, 6) is 0.429. The Morgan fingerprint density at radius 3 is 2.56 bits per heavy atom. The molecule has 0 radical (unpaired) electrons. The van der Waals surface area contributed by atoms with E-state index < -0.39 is 0 Å². The number of rotatable bonds is 7. The standard InChI is InChI=1S/C20H22ClN3OS2/c1-14-9-10-16(21)19-18(14)22-20(27-19)24(12-11-23(2)3)17(25)13-26-15-7-5-4-6-8-15/h4-10H,11-13H2,1-3H3. The van der Waals surface area contributed by atoms with Gasteiger partial charge in [-0.3, -0.25) is 9.69 Å². The van der Waals surface area contributed by atoms with Crippen molar-refractivity contribution in [3.8, 4) is 0 Å². The Morgan fingerprint density at radius 2 is 1.89 bits per heavy atom. The molecule has 3 aromatic rings. The van der Waals surface area contributed by atoms with Gasteiger partial charge in [0.1, 0.15) is 0 Å². The van der Waals surface area contributed by atoms with E-state index in [4.69, 9.17) is 16.6 Å². The largest absolute Gasteiger partial charge is 0.308 e. The molecule has 0 fully saturated rings. The van der Waals surface area contributed by atoms with E-state index in [1.807, 2.05) is 63.5 Å². The highest BCUT2D eigenvalue weighted by Crippen LogP contribution is 2.36. The average molecular weight is 420 g/mol. The normalized spacial score (nSPS) is 11.3. The summed E-state index contributed by atoms with van der Waals surface area (Å²) in [6.45, 7) is 3.38. The summed E-state index contributed by atoms with van der Waals surface area (Å²) in [5.41, 5.74) is 1.94. The number of carbonyl (C=O) groups excluding carboxylic acids is 1. The summed E-state index contributed by atoms with van der Waals surface area (Å²) in [4.78, 5) is 22.7. The van der Waals surface area contributed by atoms with Gasteiger partial charge in [-0.25, -0.2) is 4.98 Å². The lowest BCUT2D eigenvalue weighted by Crippen LogP contribution is -2.37. The number of fused-ring (bicyclic) bond motifs is 1. The van der Waals surface area contributed by atoms with E-state index in [9.17, 15) is 4.79 Å². The first-order chi connectivity index (χ1) is 13.0. The van der Waals surface area contributed by atoms with E-state index in [-0.39, 0.29) is 5.91 Å². The molecule has 142 valence electrons. The minimum absolute atomic E-state index is 0.0542. The summed E-state index contributed by atoms with van der Waals surface area (Å²) < 4.78 is 0.935. The van der Waals surface area contributed by atoms with Crippen molar-refractivity contribution in [3.63, 3.8) is 0 Å². The van der Waals surface area contributed by atoms with Crippen LogP contribution in [0.4, 0.5) is 5.13 Å². The van der Waals surface area contributed by atoms with Crippen LogP contribution in [0, 0.1) is 6.92 Å². The smallest absolute Gasteiger partial charge is 0.239 e. The van der Waals surface area contributed by atoms with Crippen molar-refractivity contribution in [2.24, 2.45) is 0 Å². The van der Waals surface area contributed by atoms with Crippen molar-refractivity contribution in [2.45, 2.75) is 11.8 Å². The number of aryl methyl sites for hydroxylation is 1. The molecule has 3 rings (SSSR count). The summed E-state index contributed by atoms with van der Waals surface area (Å²) >= 11 is 9.38. The molecule has 7 heteroatoms. The number of hydrogen-bond acceptors (Lipinski definition) is 5. The molecule has 1 amide bonds. The van der Waals surface area contributed by atoms with Gasteiger partial charge in [-0.05, 0) is 44.8 Å². The first-order valence-electron chi connectivity index (χ1n) is 8.64. The van der Waals surface area contributed by atoms with E-state index in [0.717, 1.165) is 27.2 Å². The van der Waals surface area contributed by atoms with Gasteiger partial charge in [0.05, 0.1) is 21.0 Å². The fraction of sp³-hybridized carbons (Fsp3) is 0.300. The molecule has 1 heterocycles. The molecular weight excluding hydrogens is 398 g/mol. The molecular formula is C20H22ClN3OS2. The Labute approximate surface area is 173 Å². The maximum atomic E-state index is 13.0. The van der Waals surface area contributed by atoms with Crippen LogP contribution in [0.15, 0.2) is 47.4 Å². The van der Waals surface area contributed by atoms with Crippen LogP contribution in [0.5, 0.6) is 0 Å². The molecule has 0 aliphatic rings. The monoisotopic (exact) mass is 419 g/mol. The summed E-state index contributed by atoms with van der Waals surface area (Å²) in [6, 6.07) is 13.8. The van der Waals surface area contributed by atoms with E-state index in [0.29, 0.717) is 22.5 Å². The minimum atomic E-state index is 0.0542. The first kappa shape index (κ1) is 20.1. The Hall–Kier alpha value is -1.60. The van der Waals surface area contributed by atoms with Crippen molar-refractivity contribution in [1.29, 1.82) is 0 Å². The van der Waals surface area contributed by atoms with Crippen molar-refractivity contribution >= 4 is 56.0 Å². The highest BCUT2D eigenvalue weighted by molar-refractivity contribution is 8.00. The molecule has 0 saturated heterocycles. The molecule has 0 atom stereocenters. The molecule has 0 spiro atoms. The third kappa shape index (κ3) is 5.02. The number of halogens is 1. The molecule has 0 N–H and O–H groups in total. The summed E-state index contributed by atoms with van der Waals surface area (Å²) in [5, 5.41) is 1.39. The van der Waals surface area contributed by atoms with Gasteiger partial charge in [0.2, 0.25) is 5.91 Å². The lowest BCUT2D eigenvalue weighted by Gasteiger charge is -2.21. The zero-order valence-electron chi connectivity index (χ0n) is 15.6. The fourth-order valence-electron chi connectivity index (χ4n) is 2.57. The Balaban J connectivity index is 1.85. The molecule has 4 nitrogen and oxygen atoms in total. The maximum absolute atomic E-state index is 13.0. The minimum Gasteiger partial charge on any atom is -0.308 e. The number of benzene rings is 2. The molecule has 2 aromatic carbocycles. The second-order valence-corrected chi connectivity index (χ2v) is 8.92. The molecule has 0 saturated carbocycles. The summed E-state index contributed by atoms with van der Waals surface area (Å²) in [7, 11) is 4.00. The highest BCUT2D eigenvalue weighted by atomic mass is 35.5. The lowest BCUT2D eigenvalue weighted by atomic mass is 10.2. The topological polar surface area (TPSA) is 36.4 Å². The molecule has 0 unspecified atom stereocenters. The number of thioether (sulfide) groups is 1. The van der Waals surface area contributed by atoms with Crippen LogP contribution in [0.3, 0.4) is 0 Å². The lowest BCUT2D eigenvalue weighted by molar-refractivity contribution is -0.116. The Kier molecular flexibility index (Phi) is 6.76. The van der Waals surface area contributed by atoms with Crippen LogP contribution in [0.25, 0.3) is 10.2 Å². The van der Waals surface area contributed by atoms with Crippen molar-refractivity contribution in [3.05, 3.63) is 53.1 Å². The van der Waals surface area contributed by atoms with Crippen LogP contribution >= 0.6 is 34.7 Å². The molecule has 0 aliphatic carbocycles. The van der Waals surface area contributed by atoms with Gasteiger partial charge in [-0.15, -0.1) is 11.8 Å². The van der Waals surface area contributed by atoms with E-state index in [2.05, 4.69) is 4.90 Å². The van der Waals surface area contributed by atoms with Gasteiger partial charge in [0, 0.05) is 18.0 Å². The maximum Gasteiger partial charge on any atom is 0.239 e. The van der Waals surface area contributed by atoms with Gasteiger partial charge in [-0.1, -0.05) is 47.2 Å². The zero-order chi connectivity index (χ0) is 19.4. The Morgan fingerprint density at radius 1 is 1.15 bits per heavy atom. The fourth-order valence-corrected chi connectivity index (χ4v) is 4.73. The Bertz CT molecular complexity index is 889. The third-order valence-electron chi connectivity index (χ3n) is 4.09. The SMILES string of the molecule is Cc1ccc(Cl)c2sc(N(CCN(C)C)C(=O)CSc3ccccc3)nc12. The summed E-state index contributed by atoms with van der Waals surface area (Å²) in [6.07, 6.45) is 0. The number of nitrogens with zero attached hydrogens (tertiary/aromatic N) is 3. The number of anilines is 1. The quantitative estimate of drug-likeness (QED) is 0.508. The predicted molar refractivity (Wildman–Crippen MR) is 117 cm³/mol. The number of hydrogen-bond donors (Lipinski definition) is 0. The second-order valence-electron chi connectivity index (χ2n) is 6.49. The van der Waals surface area contributed by atoms with Crippen LogP contribution in [-0.2, 0) is 4.79 Å². The van der Waals surface area contributed by atoms with Gasteiger partial charge < -0.3 is 4.90 Å². The number of carbonyl (C=O) groups is 1. The van der Waals surface area contributed by atoms with Crippen molar-refractivity contribution in [1.82, 2.24) is 9.88 Å². The highest BCUT2D eigenvalue weighted by Gasteiger charge is 2.21. The average Bonchev–Trinajstić information content (AvgIpc) is 3.10. The van der Waals surface area contributed by atoms with Gasteiger partial charge >= 0.3 is 0 Å². The number of likely N-dealkylation sites (N-methyl/N-ethyl adjacent to an activating group) is 1. The van der Waals surface area contributed by atoms with Crippen LogP contribution in [-0.4, -0.2) is 48.7 Å². The van der Waals surface area contributed by atoms with Gasteiger partial charge in [0.15, 0.2) is 5.13 Å². The van der Waals surface area contributed by atoms with Crippen molar-refractivity contribution in [2.75, 3.05) is 37.8 Å². The van der Waals surface area contributed by atoms with Gasteiger partial charge in [-0.2, -0.15) is 0 Å². The van der Waals surface area contributed by atoms with Crippen molar-refractivity contribution < 1.29 is 4.79 Å². The number of thiazole rings is 1. The van der Waals surface area contributed by atoms with E-state index in [1.54, 1.807) is 16.7 Å². The zero-order valence-corrected chi connectivity index (χ0v) is 18.0.